The molecule has 1 atom stereocenters. The van der Waals surface area contributed by atoms with Gasteiger partial charge in [-0.1, -0.05) is 55.3 Å². The summed E-state index contributed by atoms with van der Waals surface area (Å²) in [6, 6.07) is 14.4. The van der Waals surface area contributed by atoms with Crippen LogP contribution in [0.25, 0.3) is 0 Å². The van der Waals surface area contributed by atoms with Crippen LogP contribution in [0.5, 0.6) is 0 Å². The van der Waals surface area contributed by atoms with Crippen LogP contribution in [-0.4, -0.2) is 35.8 Å². The molecule has 0 bridgehead atoms. The summed E-state index contributed by atoms with van der Waals surface area (Å²) in [5.74, 6) is -1.12. The monoisotopic (exact) mass is 482 g/mol. The van der Waals surface area contributed by atoms with Crippen molar-refractivity contribution in [3.63, 3.8) is 0 Å². The first kappa shape index (κ1) is 25.5. The third-order valence-corrected chi connectivity index (χ3v) is 6.32. The summed E-state index contributed by atoms with van der Waals surface area (Å²) in [7, 11) is 0. The molecule has 2 aromatic carbocycles. The molecule has 0 saturated carbocycles. The predicted octanol–water partition coefficient (Wildman–Crippen LogP) is 5.22. The average molecular weight is 483 g/mol. The van der Waals surface area contributed by atoms with Gasteiger partial charge in [0.15, 0.2) is 0 Å². The van der Waals surface area contributed by atoms with Gasteiger partial charge in [0.1, 0.15) is 0 Å². The van der Waals surface area contributed by atoms with E-state index in [2.05, 4.69) is 12.2 Å². The van der Waals surface area contributed by atoms with E-state index >= 15 is 0 Å². The molecule has 1 unspecified atom stereocenters. The van der Waals surface area contributed by atoms with Crippen LogP contribution in [0, 0.1) is 0 Å². The van der Waals surface area contributed by atoms with Crippen molar-refractivity contribution in [3.8, 4) is 0 Å². The number of amides is 2. The number of hydrogen-bond donors (Lipinski definition) is 1. The van der Waals surface area contributed by atoms with Crippen LogP contribution in [0.1, 0.15) is 67.4 Å². The Morgan fingerprint density at radius 1 is 1.12 bits per heavy atom. The zero-order chi connectivity index (χ0) is 24.7. The van der Waals surface area contributed by atoms with Crippen LogP contribution in [0.3, 0.4) is 0 Å². The van der Waals surface area contributed by atoms with Gasteiger partial charge in [0.25, 0.3) is 5.91 Å². The first-order valence-corrected chi connectivity index (χ1v) is 12.0. The molecule has 0 radical (unpaired) electrons. The number of carbonyl (C=O) groups excluding carboxylic acids is 3. The molecule has 1 aliphatic rings. The highest BCUT2D eigenvalue weighted by atomic mass is 35.5. The molecular formula is C27H31ClN2O4. The number of rotatable bonds is 9. The smallest absolute Gasteiger partial charge is 0.336 e. The SMILES string of the molecule is CCCCNC(=O)c1ccc(CN2C(=O)CC(c3ccccc3Cl)C(C(=O)OCC)=C2C)cc1. The minimum atomic E-state index is -0.467. The van der Waals surface area contributed by atoms with Crippen LogP contribution >= 0.6 is 11.6 Å². The van der Waals surface area contributed by atoms with Crippen molar-refractivity contribution in [2.24, 2.45) is 0 Å². The summed E-state index contributed by atoms with van der Waals surface area (Å²) in [4.78, 5) is 40.0. The van der Waals surface area contributed by atoms with E-state index in [1.54, 1.807) is 36.9 Å². The lowest BCUT2D eigenvalue weighted by atomic mass is 9.83. The zero-order valence-corrected chi connectivity index (χ0v) is 20.7. The molecule has 0 aliphatic carbocycles. The molecule has 0 saturated heterocycles. The maximum atomic E-state index is 13.2. The number of nitrogens with zero attached hydrogens (tertiary/aromatic N) is 1. The fourth-order valence-electron chi connectivity index (χ4n) is 4.13. The summed E-state index contributed by atoms with van der Waals surface area (Å²) >= 11 is 6.41. The molecule has 7 heteroatoms. The van der Waals surface area contributed by atoms with Crippen LogP contribution in [-0.2, 0) is 20.9 Å². The Labute approximate surface area is 205 Å². The van der Waals surface area contributed by atoms with E-state index in [9.17, 15) is 14.4 Å². The molecule has 180 valence electrons. The largest absolute Gasteiger partial charge is 0.463 e. The quantitative estimate of drug-likeness (QED) is 0.392. The van der Waals surface area contributed by atoms with Gasteiger partial charge >= 0.3 is 5.97 Å². The molecule has 6 nitrogen and oxygen atoms in total. The van der Waals surface area contributed by atoms with Gasteiger partial charge in [-0.05, 0) is 49.6 Å². The lowest BCUT2D eigenvalue weighted by Gasteiger charge is -2.34. The normalized spacial score (nSPS) is 15.9. The molecule has 34 heavy (non-hydrogen) atoms. The van der Waals surface area contributed by atoms with E-state index in [0.29, 0.717) is 34.9 Å². The van der Waals surface area contributed by atoms with Gasteiger partial charge in [-0.25, -0.2) is 4.79 Å². The van der Waals surface area contributed by atoms with Crippen molar-refractivity contribution in [2.45, 2.75) is 52.5 Å². The van der Waals surface area contributed by atoms with Gasteiger partial charge < -0.3 is 15.0 Å². The van der Waals surface area contributed by atoms with Crippen molar-refractivity contribution in [1.29, 1.82) is 0 Å². The van der Waals surface area contributed by atoms with E-state index in [4.69, 9.17) is 16.3 Å². The summed E-state index contributed by atoms with van der Waals surface area (Å²) in [6.45, 7) is 6.77. The van der Waals surface area contributed by atoms with E-state index in [1.807, 2.05) is 30.3 Å². The molecule has 1 aliphatic heterocycles. The van der Waals surface area contributed by atoms with E-state index in [-0.39, 0.29) is 24.8 Å². The molecule has 3 rings (SSSR count). The maximum absolute atomic E-state index is 13.2. The Morgan fingerprint density at radius 2 is 1.82 bits per heavy atom. The van der Waals surface area contributed by atoms with Crippen LogP contribution in [0.15, 0.2) is 59.8 Å². The highest BCUT2D eigenvalue weighted by Crippen LogP contribution is 2.40. The highest BCUT2D eigenvalue weighted by Gasteiger charge is 2.37. The second-order valence-corrected chi connectivity index (χ2v) is 8.69. The lowest BCUT2D eigenvalue weighted by molar-refractivity contribution is -0.140. The highest BCUT2D eigenvalue weighted by molar-refractivity contribution is 6.31. The number of ether oxygens (including phenoxy) is 1. The summed E-state index contributed by atoms with van der Waals surface area (Å²) in [6.07, 6.45) is 2.07. The van der Waals surface area contributed by atoms with Gasteiger partial charge in [0.05, 0.1) is 18.7 Å². The number of benzene rings is 2. The maximum Gasteiger partial charge on any atom is 0.336 e. The second-order valence-electron chi connectivity index (χ2n) is 8.28. The minimum Gasteiger partial charge on any atom is -0.463 e. The fourth-order valence-corrected chi connectivity index (χ4v) is 4.39. The molecule has 0 aromatic heterocycles. The first-order chi connectivity index (χ1) is 16.4. The van der Waals surface area contributed by atoms with Crippen LogP contribution in [0.4, 0.5) is 0 Å². The number of carbonyl (C=O) groups is 3. The van der Waals surface area contributed by atoms with E-state index in [1.165, 1.54) is 0 Å². The lowest BCUT2D eigenvalue weighted by Crippen LogP contribution is -2.38. The number of hydrogen-bond acceptors (Lipinski definition) is 4. The van der Waals surface area contributed by atoms with Crippen molar-refractivity contribution in [2.75, 3.05) is 13.2 Å². The molecule has 1 N–H and O–H groups in total. The summed E-state index contributed by atoms with van der Waals surface area (Å²) in [5.41, 5.74) is 3.17. The Morgan fingerprint density at radius 3 is 2.47 bits per heavy atom. The van der Waals surface area contributed by atoms with E-state index in [0.717, 1.165) is 24.0 Å². The topological polar surface area (TPSA) is 75.7 Å². The standard InChI is InChI=1S/C27H31ClN2O4/c1-4-6-15-29-26(32)20-13-11-19(12-14-20)17-30-18(3)25(27(33)34-5-2)22(16-24(30)31)21-9-7-8-10-23(21)28/h7-14,22H,4-6,15-17H2,1-3H3,(H,29,32). The zero-order valence-electron chi connectivity index (χ0n) is 19.9. The summed E-state index contributed by atoms with van der Waals surface area (Å²) in [5, 5.41) is 3.41. The molecule has 0 fully saturated rings. The Kier molecular flexibility index (Phi) is 8.88. The van der Waals surface area contributed by atoms with Gasteiger partial charge in [-0.2, -0.15) is 0 Å². The first-order valence-electron chi connectivity index (χ1n) is 11.7. The molecule has 1 heterocycles. The fraction of sp³-hybridized carbons (Fsp3) is 0.370. The molecule has 2 aromatic rings. The van der Waals surface area contributed by atoms with Crippen molar-refractivity contribution in [3.05, 3.63) is 81.5 Å². The molecule has 0 spiro atoms. The van der Waals surface area contributed by atoms with Gasteiger partial charge in [0.2, 0.25) is 5.91 Å². The Bertz CT molecular complexity index is 1080. The van der Waals surface area contributed by atoms with Gasteiger partial charge in [0, 0.05) is 35.2 Å². The van der Waals surface area contributed by atoms with E-state index < -0.39 is 11.9 Å². The second kappa shape index (κ2) is 11.8. The van der Waals surface area contributed by atoms with Crippen LogP contribution in [0.2, 0.25) is 5.02 Å². The third-order valence-electron chi connectivity index (χ3n) is 5.97. The number of nitrogens with one attached hydrogen (secondary N) is 1. The van der Waals surface area contributed by atoms with Crippen LogP contribution < -0.4 is 5.32 Å². The molecule has 2 amide bonds. The Hall–Kier alpha value is -3.12. The third kappa shape index (κ3) is 5.86. The summed E-state index contributed by atoms with van der Waals surface area (Å²) < 4.78 is 5.34. The van der Waals surface area contributed by atoms with Gasteiger partial charge in [-0.3, -0.25) is 9.59 Å². The predicted molar refractivity (Wildman–Crippen MR) is 132 cm³/mol. The number of allylic oxidation sites excluding steroid dienone is 1. The van der Waals surface area contributed by atoms with Crippen molar-refractivity contribution >= 4 is 29.4 Å². The number of esters is 1. The van der Waals surface area contributed by atoms with Crippen molar-refractivity contribution in [1.82, 2.24) is 10.2 Å². The van der Waals surface area contributed by atoms with Gasteiger partial charge in [-0.15, -0.1) is 0 Å². The number of halogens is 1. The Balaban J connectivity index is 1.87. The average Bonchev–Trinajstić information content (AvgIpc) is 2.82. The number of unbranched alkanes of at least 4 members (excludes halogenated alkanes) is 1. The molecular weight excluding hydrogens is 452 g/mol. The minimum absolute atomic E-state index is 0.100. The van der Waals surface area contributed by atoms with Crippen molar-refractivity contribution < 1.29 is 19.1 Å².